The van der Waals surface area contributed by atoms with Crippen LogP contribution in [0.4, 0.5) is 0 Å². The number of nitrogens with two attached hydrogens (primary N) is 1. The number of amides is 1. The van der Waals surface area contributed by atoms with Crippen LogP contribution in [-0.2, 0) is 4.79 Å². The van der Waals surface area contributed by atoms with E-state index in [4.69, 9.17) is 10.6 Å². The van der Waals surface area contributed by atoms with Crippen LogP contribution < -0.4 is 15.9 Å². The van der Waals surface area contributed by atoms with Crippen molar-refractivity contribution in [1.29, 1.82) is 0 Å². The highest BCUT2D eigenvalue weighted by Gasteiger charge is 2.15. The number of benzene rings is 1. The Morgan fingerprint density at radius 2 is 1.92 bits per heavy atom. The number of methoxy groups -OCH3 is 1. The van der Waals surface area contributed by atoms with Gasteiger partial charge in [0.05, 0.1) is 12.9 Å². The first-order valence-electron chi connectivity index (χ1n) is 8.67. The summed E-state index contributed by atoms with van der Waals surface area (Å²) in [5.41, 5.74) is 0.833. The van der Waals surface area contributed by atoms with E-state index in [1.54, 1.807) is 7.11 Å². The van der Waals surface area contributed by atoms with Crippen molar-refractivity contribution >= 4 is 17.7 Å². The number of aromatic nitrogens is 3. The van der Waals surface area contributed by atoms with Crippen molar-refractivity contribution in [2.75, 3.05) is 18.7 Å². The number of nitrogen functional groups attached to an aromatic ring is 1. The molecule has 2 aromatic rings. The number of ether oxygens (including phenoxy) is 1. The van der Waals surface area contributed by atoms with Crippen LogP contribution in [-0.4, -0.2) is 39.7 Å². The normalized spacial score (nSPS) is 12.2. The van der Waals surface area contributed by atoms with Crippen LogP contribution >= 0.6 is 11.8 Å². The molecule has 0 bridgehead atoms. The lowest BCUT2D eigenvalue weighted by atomic mass is 10.0. The van der Waals surface area contributed by atoms with Crippen LogP contribution in [0.25, 0.3) is 11.4 Å². The van der Waals surface area contributed by atoms with Crippen molar-refractivity contribution in [2.45, 2.75) is 44.8 Å². The molecular weight excluding hydrogens is 350 g/mol. The second-order valence-electron chi connectivity index (χ2n) is 6.63. The summed E-state index contributed by atoms with van der Waals surface area (Å²) in [5, 5.41) is 11.7. The van der Waals surface area contributed by atoms with E-state index in [0.29, 0.717) is 16.9 Å². The Morgan fingerprint density at radius 1 is 1.23 bits per heavy atom. The molecule has 1 aromatic heterocycles. The molecule has 1 atom stereocenters. The maximum atomic E-state index is 12.1. The first kappa shape index (κ1) is 20.1. The minimum absolute atomic E-state index is 0.0275. The van der Waals surface area contributed by atoms with Crippen LogP contribution in [0.3, 0.4) is 0 Å². The Morgan fingerprint density at radius 3 is 2.54 bits per heavy atom. The second kappa shape index (κ2) is 9.47. The Bertz CT molecular complexity index is 715. The van der Waals surface area contributed by atoms with Gasteiger partial charge in [-0.3, -0.25) is 4.79 Å². The molecule has 0 saturated carbocycles. The first-order valence-corrected chi connectivity index (χ1v) is 9.66. The minimum atomic E-state index is -0.0275. The number of nitrogens with one attached hydrogen (secondary N) is 1. The summed E-state index contributed by atoms with van der Waals surface area (Å²) >= 11 is 1.27. The zero-order valence-electron chi connectivity index (χ0n) is 15.7. The number of carbonyl (C=O) groups is 1. The fourth-order valence-corrected chi connectivity index (χ4v) is 3.08. The Kier molecular flexibility index (Phi) is 7.32. The van der Waals surface area contributed by atoms with E-state index in [2.05, 4.69) is 29.4 Å². The smallest absolute Gasteiger partial charge is 0.230 e. The monoisotopic (exact) mass is 377 g/mol. The molecule has 7 nitrogen and oxygen atoms in total. The summed E-state index contributed by atoms with van der Waals surface area (Å²) in [6.07, 6.45) is 2.07. The van der Waals surface area contributed by atoms with Gasteiger partial charge in [0.15, 0.2) is 5.82 Å². The van der Waals surface area contributed by atoms with Crippen LogP contribution in [0.15, 0.2) is 29.4 Å². The van der Waals surface area contributed by atoms with E-state index in [9.17, 15) is 4.79 Å². The summed E-state index contributed by atoms with van der Waals surface area (Å²) in [7, 11) is 1.62. The zero-order chi connectivity index (χ0) is 19.1. The average Bonchev–Trinajstić information content (AvgIpc) is 2.99. The molecule has 26 heavy (non-hydrogen) atoms. The van der Waals surface area contributed by atoms with Crippen LogP contribution in [0.1, 0.15) is 33.6 Å². The molecule has 0 saturated heterocycles. The molecule has 0 radical (unpaired) electrons. The SMILES string of the molecule is COc1ccc(-c2nnc(SCC(=O)N[C@@H](C)CCC(C)C)n2N)cc1. The van der Waals surface area contributed by atoms with Gasteiger partial charge in [0.2, 0.25) is 11.1 Å². The molecule has 1 amide bonds. The van der Waals surface area contributed by atoms with Gasteiger partial charge in [-0.05, 0) is 49.9 Å². The van der Waals surface area contributed by atoms with Crippen molar-refractivity contribution in [1.82, 2.24) is 20.2 Å². The quantitative estimate of drug-likeness (QED) is 0.515. The van der Waals surface area contributed by atoms with Crippen LogP contribution in [0.2, 0.25) is 0 Å². The Labute approximate surface area is 158 Å². The fraction of sp³-hybridized carbons (Fsp3) is 0.500. The molecule has 1 aromatic carbocycles. The van der Waals surface area contributed by atoms with E-state index in [1.165, 1.54) is 16.4 Å². The summed E-state index contributed by atoms with van der Waals surface area (Å²) in [5.74, 6) is 8.25. The second-order valence-corrected chi connectivity index (χ2v) is 7.58. The third kappa shape index (κ3) is 5.66. The lowest BCUT2D eigenvalue weighted by molar-refractivity contribution is -0.119. The molecule has 0 fully saturated rings. The number of thioether (sulfide) groups is 1. The van der Waals surface area contributed by atoms with Crippen molar-refractivity contribution in [3.63, 3.8) is 0 Å². The van der Waals surface area contributed by atoms with Gasteiger partial charge >= 0.3 is 0 Å². The third-order valence-electron chi connectivity index (χ3n) is 3.93. The maximum absolute atomic E-state index is 12.1. The molecular formula is C18H27N5O2S. The molecule has 0 unspecified atom stereocenters. The Balaban J connectivity index is 1.90. The number of nitrogens with zero attached hydrogens (tertiary/aromatic N) is 3. The fourth-order valence-electron chi connectivity index (χ4n) is 2.41. The van der Waals surface area contributed by atoms with E-state index in [1.807, 2.05) is 31.2 Å². The molecule has 0 spiro atoms. The maximum Gasteiger partial charge on any atom is 0.230 e. The summed E-state index contributed by atoms with van der Waals surface area (Å²) in [4.78, 5) is 12.1. The summed E-state index contributed by atoms with van der Waals surface area (Å²) in [6, 6.07) is 7.57. The predicted octanol–water partition coefficient (Wildman–Crippen LogP) is 2.70. The van der Waals surface area contributed by atoms with E-state index < -0.39 is 0 Å². The lowest BCUT2D eigenvalue weighted by Gasteiger charge is -2.14. The average molecular weight is 378 g/mol. The number of hydrogen-bond acceptors (Lipinski definition) is 6. The molecule has 2 rings (SSSR count). The summed E-state index contributed by atoms with van der Waals surface area (Å²) in [6.45, 7) is 6.38. The van der Waals surface area contributed by atoms with Gasteiger partial charge in [-0.2, -0.15) is 0 Å². The highest BCUT2D eigenvalue weighted by molar-refractivity contribution is 7.99. The highest BCUT2D eigenvalue weighted by Crippen LogP contribution is 2.23. The molecule has 142 valence electrons. The third-order valence-corrected chi connectivity index (χ3v) is 4.87. The molecule has 0 aliphatic rings. The van der Waals surface area contributed by atoms with Gasteiger partial charge in [0.1, 0.15) is 5.75 Å². The van der Waals surface area contributed by atoms with Crippen molar-refractivity contribution < 1.29 is 9.53 Å². The number of carbonyl (C=O) groups excluding carboxylic acids is 1. The van der Waals surface area contributed by atoms with Crippen molar-refractivity contribution in [3.05, 3.63) is 24.3 Å². The molecule has 1 heterocycles. The molecule has 3 N–H and O–H groups in total. The Hall–Kier alpha value is -2.22. The first-order chi connectivity index (χ1) is 12.4. The standard InChI is InChI=1S/C18H27N5O2S/c1-12(2)5-6-13(3)20-16(24)11-26-18-22-21-17(23(18)19)14-7-9-15(25-4)10-8-14/h7-10,12-13H,5-6,11,19H2,1-4H3,(H,20,24)/t13-/m0/s1. The highest BCUT2D eigenvalue weighted by atomic mass is 32.2. The van der Waals surface area contributed by atoms with E-state index >= 15 is 0 Å². The zero-order valence-corrected chi connectivity index (χ0v) is 16.5. The van der Waals surface area contributed by atoms with Gasteiger partial charge in [0, 0.05) is 11.6 Å². The lowest BCUT2D eigenvalue weighted by Crippen LogP contribution is -2.34. The van der Waals surface area contributed by atoms with Gasteiger partial charge in [-0.1, -0.05) is 25.6 Å². The van der Waals surface area contributed by atoms with Gasteiger partial charge < -0.3 is 15.9 Å². The predicted molar refractivity (Wildman–Crippen MR) is 105 cm³/mol. The molecule has 0 aliphatic carbocycles. The minimum Gasteiger partial charge on any atom is -0.497 e. The largest absolute Gasteiger partial charge is 0.497 e. The van der Waals surface area contributed by atoms with Crippen molar-refractivity contribution in [2.24, 2.45) is 5.92 Å². The van der Waals surface area contributed by atoms with Crippen LogP contribution in [0, 0.1) is 5.92 Å². The molecule has 0 aliphatic heterocycles. The number of rotatable bonds is 9. The van der Waals surface area contributed by atoms with Crippen molar-refractivity contribution in [3.8, 4) is 17.1 Å². The van der Waals surface area contributed by atoms with E-state index in [0.717, 1.165) is 24.2 Å². The molecule has 8 heteroatoms. The summed E-state index contributed by atoms with van der Waals surface area (Å²) < 4.78 is 6.55. The van der Waals surface area contributed by atoms with Gasteiger partial charge in [-0.15, -0.1) is 10.2 Å². The topological polar surface area (TPSA) is 95.1 Å². The van der Waals surface area contributed by atoms with Crippen LogP contribution in [0.5, 0.6) is 5.75 Å². The van der Waals surface area contributed by atoms with Gasteiger partial charge in [0.25, 0.3) is 0 Å². The van der Waals surface area contributed by atoms with Gasteiger partial charge in [-0.25, -0.2) is 4.68 Å². The number of hydrogen-bond donors (Lipinski definition) is 2. The van der Waals surface area contributed by atoms with E-state index in [-0.39, 0.29) is 17.7 Å².